The van der Waals surface area contributed by atoms with Gasteiger partial charge in [0.1, 0.15) is 28.4 Å². The lowest BCUT2D eigenvalue weighted by molar-refractivity contribution is -0.0314. The first kappa shape index (κ1) is 23.4. The van der Waals surface area contributed by atoms with E-state index in [9.17, 15) is 10.1 Å². The molecule has 36 heavy (non-hydrogen) atoms. The van der Waals surface area contributed by atoms with Crippen molar-refractivity contribution in [3.05, 3.63) is 55.1 Å². The molecule has 0 unspecified atom stereocenters. The maximum atomic E-state index is 12.5. The Bertz CT molecular complexity index is 1450. The fraction of sp³-hybridized carbons (Fsp3) is 0.346. The molecule has 1 aliphatic heterocycles. The van der Waals surface area contributed by atoms with E-state index in [1.807, 2.05) is 67.9 Å². The van der Waals surface area contributed by atoms with Gasteiger partial charge in [-0.25, -0.2) is 14.8 Å². The summed E-state index contributed by atoms with van der Waals surface area (Å²) in [5, 5.41) is 14.1. The number of likely N-dealkylation sites (tertiary alicyclic amines) is 1. The topological polar surface area (TPSA) is 111 Å². The van der Waals surface area contributed by atoms with E-state index in [0.29, 0.717) is 18.9 Å². The Kier molecular flexibility index (Phi) is 5.63. The van der Waals surface area contributed by atoms with Crippen LogP contribution in [0.25, 0.3) is 28.3 Å². The SMILES string of the molecule is COc1ccc(-c2cc3nccn3c(-c3cnn(C4(CC#N)CN(C(=O)OC(C)(C)C)C4)c3)n2)cc1. The molecular weight excluding hydrogens is 458 g/mol. The van der Waals surface area contributed by atoms with Gasteiger partial charge in [0, 0.05) is 30.2 Å². The fourth-order valence-corrected chi connectivity index (χ4v) is 4.34. The number of hydrogen-bond donors (Lipinski definition) is 0. The number of fused-ring (bicyclic) bond motifs is 1. The van der Waals surface area contributed by atoms with Crippen molar-refractivity contribution in [3.8, 4) is 34.5 Å². The van der Waals surface area contributed by atoms with Gasteiger partial charge in [0.2, 0.25) is 0 Å². The molecule has 0 saturated carbocycles. The van der Waals surface area contributed by atoms with Crippen LogP contribution in [0.5, 0.6) is 5.75 Å². The predicted octanol–water partition coefficient (Wildman–Crippen LogP) is 4.13. The third-order valence-corrected chi connectivity index (χ3v) is 6.13. The molecule has 1 saturated heterocycles. The first-order valence-electron chi connectivity index (χ1n) is 11.6. The molecular formula is C26H27N7O3. The lowest BCUT2D eigenvalue weighted by Crippen LogP contribution is -2.64. The highest BCUT2D eigenvalue weighted by Gasteiger charge is 2.48. The summed E-state index contributed by atoms with van der Waals surface area (Å²) in [4.78, 5) is 23.5. The standard InChI is InChI=1S/C26H27N7O3/c1-25(2,3)36-24(34)31-16-26(17-31,9-10-27)33-15-19(14-29-33)23-30-21(13-22-28-11-12-32(22)23)18-5-7-20(35-4)8-6-18/h5-8,11-15H,9,16-17H2,1-4H3. The van der Waals surface area contributed by atoms with E-state index in [1.165, 1.54) is 0 Å². The molecule has 0 aliphatic carbocycles. The minimum atomic E-state index is -0.619. The Morgan fingerprint density at radius 3 is 2.61 bits per heavy atom. The maximum Gasteiger partial charge on any atom is 0.410 e. The summed E-state index contributed by atoms with van der Waals surface area (Å²) in [7, 11) is 1.63. The molecule has 4 aromatic rings. The van der Waals surface area contributed by atoms with Gasteiger partial charge in [-0.3, -0.25) is 9.08 Å². The van der Waals surface area contributed by atoms with Gasteiger partial charge in [-0.1, -0.05) is 0 Å². The first-order chi connectivity index (χ1) is 17.2. The van der Waals surface area contributed by atoms with Gasteiger partial charge in [0.25, 0.3) is 0 Å². The number of ether oxygens (including phenoxy) is 2. The van der Waals surface area contributed by atoms with Gasteiger partial charge in [0.05, 0.1) is 50.1 Å². The van der Waals surface area contributed by atoms with Crippen LogP contribution >= 0.6 is 0 Å². The number of carbonyl (C=O) groups is 1. The van der Waals surface area contributed by atoms with Crippen LogP contribution in [0.4, 0.5) is 4.79 Å². The number of methoxy groups -OCH3 is 1. The lowest BCUT2D eigenvalue weighted by atomic mass is 9.87. The van der Waals surface area contributed by atoms with E-state index in [0.717, 1.165) is 28.2 Å². The Labute approximate surface area is 208 Å². The first-order valence-corrected chi connectivity index (χ1v) is 11.6. The molecule has 4 heterocycles. The highest BCUT2D eigenvalue weighted by atomic mass is 16.6. The molecule has 10 nitrogen and oxygen atoms in total. The average Bonchev–Trinajstić information content (AvgIpc) is 3.49. The molecule has 5 rings (SSSR count). The molecule has 1 aliphatic rings. The van der Waals surface area contributed by atoms with Gasteiger partial charge >= 0.3 is 6.09 Å². The van der Waals surface area contributed by atoms with Crippen LogP contribution in [0, 0.1) is 11.3 Å². The highest BCUT2D eigenvalue weighted by Crippen LogP contribution is 2.35. The quantitative estimate of drug-likeness (QED) is 0.418. The molecule has 3 aromatic heterocycles. The summed E-state index contributed by atoms with van der Waals surface area (Å²) < 4.78 is 14.4. The Balaban J connectivity index is 1.47. The largest absolute Gasteiger partial charge is 0.497 e. The third-order valence-electron chi connectivity index (χ3n) is 6.13. The summed E-state index contributed by atoms with van der Waals surface area (Å²) in [6, 6.07) is 11.9. The van der Waals surface area contributed by atoms with E-state index < -0.39 is 17.2 Å². The van der Waals surface area contributed by atoms with Crippen LogP contribution in [0.1, 0.15) is 27.2 Å². The van der Waals surface area contributed by atoms with Gasteiger partial charge in [-0.05, 0) is 45.0 Å². The van der Waals surface area contributed by atoms with Crippen molar-refractivity contribution in [2.45, 2.75) is 38.3 Å². The smallest absolute Gasteiger partial charge is 0.410 e. The van der Waals surface area contributed by atoms with Crippen molar-refractivity contribution in [3.63, 3.8) is 0 Å². The molecule has 0 bridgehead atoms. The van der Waals surface area contributed by atoms with Gasteiger partial charge in [-0.15, -0.1) is 0 Å². The van der Waals surface area contributed by atoms with Crippen LogP contribution < -0.4 is 4.74 Å². The average molecular weight is 486 g/mol. The number of benzene rings is 1. The molecule has 0 N–H and O–H groups in total. The second-order valence-electron chi connectivity index (χ2n) is 9.92. The molecule has 184 valence electrons. The number of amides is 1. The third kappa shape index (κ3) is 4.24. The molecule has 1 amide bonds. The van der Waals surface area contributed by atoms with Crippen LogP contribution in [0.3, 0.4) is 0 Å². The number of nitrogens with zero attached hydrogens (tertiary/aromatic N) is 7. The number of rotatable bonds is 5. The van der Waals surface area contributed by atoms with Crippen molar-refractivity contribution in [1.29, 1.82) is 5.26 Å². The van der Waals surface area contributed by atoms with Crippen LogP contribution in [-0.2, 0) is 10.3 Å². The molecule has 10 heteroatoms. The molecule has 1 fully saturated rings. The number of nitriles is 1. The number of carbonyl (C=O) groups excluding carboxylic acids is 1. The zero-order valence-corrected chi connectivity index (χ0v) is 20.7. The van der Waals surface area contributed by atoms with Gasteiger partial charge in [0.15, 0.2) is 0 Å². The Hall–Kier alpha value is -4.39. The van der Waals surface area contributed by atoms with Crippen molar-refractivity contribution >= 4 is 11.7 Å². The number of imidazole rings is 1. The van der Waals surface area contributed by atoms with Crippen LogP contribution in [0.15, 0.2) is 55.1 Å². The summed E-state index contributed by atoms with van der Waals surface area (Å²) in [5.41, 5.74) is 2.03. The Morgan fingerprint density at radius 1 is 1.19 bits per heavy atom. The van der Waals surface area contributed by atoms with Crippen molar-refractivity contribution < 1.29 is 14.3 Å². The second-order valence-corrected chi connectivity index (χ2v) is 9.92. The van der Waals surface area contributed by atoms with Crippen LogP contribution in [0.2, 0.25) is 0 Å². The predicted molar refractivity (Wildman–Crippen MR) is 132 cm³/mol. The minimum absolute atomic E-state index is 0.215. The summed E-state index contributed by atoms with van der Waals surface area (Å²) in [6.07, 6.45) is 7.01. The second kappa shape index (κ2) is 8.68. The number of hydrogen-bond acceptors (Lipinski definition) is 7. The number of aromatic nitrogens is 5. The Morgan fingerprint density at radius 2 is 1.94 bits per heavy atom. The van der Waals surface area contributed by atoms with Crippen molar-refractivity contribution in [2.75, 3.05) is 20.2 Å². The molecule has 0 spiro atoms. The molecule has 0 atom stereocenters. The molecule has 0 radical (unpaired) electrons. The monoisotopic (exact) mass is 485 g/mol. The molecule has 1 aromatic carbocycles. The summed E-state index contributed by atoms with van der Waals surface area (Å²) in [5.74, 6) is 1.45. The van der Waals surface area contributed by atoms with E-state index >= 15 is 0 Å². The van der Waals surface area contributed by atoms with Crippen molar-refractivity contribution in [1.82, 2.24) is 29.0 Å². The van der Waals surface area contributed by atoms with Gasteiger partial charge < -0.3 is 14.4 Å². The van der Waals surface area contributed by atoms with Gasteiger partial charge in [-0.2, -0.15) is 10.4 Å². The van der Waals surface area contributed by atoms with E-state index in [4.69, 9.17) is 14.5 Å². The van der Waals surface area contributed by atoms with E-state index in [2.05, 4.69) is 16.2 Å². The highest BCUT2D eigenvalue weighted by molar-refractivity contribution is 5.70. The summed E-state index contributed by atoms with van der Waals surface area (Å²) >= 11 is 0. The zero-order chi connectivity index (χ0) is 25.5. The lowest BCUT2D eigenvalue weighted by Gasteiger charge is -2.48. The fourth-order valence-electron chi connectivity index (χ4n) is 4.34. The minimum Gasteiger partial charge on any atom is -0.497 e. The van der Waals surface area contributed by atoms with Crippen molar-refractivity contribution in [2.24, 2.45) is 0 Å². The maximum absolute atomic E-state index is 12.5. The van der Waals surface area contributed by atoms with E-state index in [1.54, 1.807) is 29.1 Å². The normalized spacial score (nSPS) is 14.8. The van der Waals surface area contributed by atoms with Crippen LogP contribution in [-0.4, -0.2) is 60.9 Å². The summed E-state index contributed by atoms with van der Waals surface area (Å²) in [6.45, 7) is 6.18. The van der Waals surface area contributed by atoms with E-state index in [-0.39, 0.29) is 6.42 Å². The zero-order valence-electron chi connectivity index (χ0n) is 20.7.